The fourth-order valence-corrected chi connectivity index (χ4v) is 3.91. The first-order valence-corrected chi connectivity index (χ1v) is 12.1. The van der Waals surface area contributed by atoms with Gasteiger partial charge in [-0.1, -0.05) is 17.3 Å². The van der Waals surface area contributed by atoms with Gasteiger partial charge in [0.25, 0.3) is 5.91 Å². The number of azo groups is 1. The van der Waals surface area contributed by atoms with Crippen molar-refractivity contribution in [1.82, 2.24) is 20.8 Å². The van der Waals surface area contributed by atoms with E-state index in [0.29, 0.717) is 49.5 Å². The number of nitrogens with zero attached hydrogens (tertiary/aromatic N) is 4. The highest BCUT2D eigenvalue weighted by Crippen LogP contribution is 2.38. The summed E-state index contributed by atoms with van der Waals surface area (Å²) in [5, 5.41) is 16.9. The summed E-state index contributed by atoms with van der Waals surface area (Å²) in [6.45, 7) is 0.828. The molecule has 0 atom stereocenters. The Hall–Kier alpha value is -4.30. The van der Waals surface area contributed by atoms with E-state index in [0.717, 1.165) is 5.57 Å². The molecule has 15 heteroatoms. The van der Waals surface area contributed by atoms with E-state index in [1.165, 1.54) is 0 Å². The molecule has 1 aliphatic heterocycles. The van der Waals surface area contributed by atoms with Crippen molar-refractivity contribution in [1.29, 1.82) is 0 Å². The van der Waals surface area contributed by atoms with Crippen molar-refractivity contribution in [2.24, 2.45) is 10.2 Å². The van der Waals surface area contributed by atoms with Crippen LogP contribution in [0.15, 0.2) is 68.1 Å². The standard InChI is InChI=1S/C25H22F6N6O3/c26-24(27,28)15-11-14(12-16(13-15)25(29,30)31)21-34-20(40-37-21)8-3-7-19(38)32-9-4-10-33-22-17-5-1-2-6-18(17)23(39)36-35-22/h1-2,6,11-13,33H,3-5,7-10H2,(H,32,38). The molecule has 0 spiro atoms. The van der Waals surface area contributed by atoms with Crippen molar-refractivity contribution in [2.45, 2.75) is 44.5 Å². The maximum absolute atomic E-state index is 13.1. The monoisotopic (exact) mass is 568 g/mol. The van der Waals surface area contributed by atoms with E-state index in [4.69, 9.17) is 4.52 Å². The molecule has 212 valence electrons. The number of halogens is 6. The number of aromatic nitrogens is 2. The van der Waals surface area contributed by atoms with E-state index in [1.807, 2.05) is 6.08 Å². The number of amides is 2. The van der Waals surface area contributed by atoms with Crippen LogP contribution in [0.1, 0.15) is 42.7 Å². The minimum absolute atomic E-state index is 0.0156. The topological polar surface area (TPSA) is 122 Å². The summed E-state index contributed by atoms with van der Waals surface area (Å²) >= 11 is 0. The highest BCUT2D eigenvalue weighted by Gasteiger charge is 2.37. The lowest BCUT2D eigenvalue weighted by atomic mass is 9.97. The van der Waals surface area contributed by atoms with E-state index in [2.05, 4.69) is 31.0 Å². The molecular formula is C25H22F6N6O3. The number of benzene rings is 1. The summed E-state index contributed by atoms with van der Waals surface area (Å²) < 4.78 is 83.5. The zero-order chi connectivity index (χ0) is 28.9. The van der Waals surface area contributed by atoms with Crippen molar-refractivity contribution in [3.8, 4) is 11.4 Å². The smallest absolute Gasteiger partial charge is 0.368 e. The van der Waals surface area contributed by atoms with Gasteiger partial charge in [-0.05, 0) is 43.5 Å². The lowest BCUT2D eigenvalue weighted by Crippen LogP contribution is -2.27. The average Bonchev–Trinajstić information content (AvgIpc) is 3.37. The minimum Gasteiger partial charge on any atom is -0.368 e. The Kier molecular flexibility index (Phi) is 8.49. The van der Waals surface area contributed by atoms with Gasteiger partial charge in [0.05, 0.1) is 16.7 Å². The van der Waals surface area contributed by atoms with Crippen LogP contribution in [0, 0.1) is 0 Å². The second-order valence-corrected chi connectivity index (χ2v) is 8.84. The maximum Gasteiger partial charge on any atom is 0.416 e. The number of alkyl halides is 6. The molecule has 1 aromatic carbocycles. The molecule has 2 aliphatic rings. The van der Waals surface area contributed by atoms with Gasteiger partial charge >= 0.3 is 12.4 Å². The predicted molar refractivity (Wildman–Crippen MR) is 127 cm³/mol. The van der Waals surface area contributed by atoms with Gasteiger partial charge in [-0.2, -0.15) is 31.3 Å². The summed E-state index contributed by atoms with van der Waals surface area (Å²) in [6.07, 6.45) is -3.07. The molecule has 1 aliphatic carbocycles. The third kappa shape index (κ3) is 7.21. The van der Waals surface area contributed by atoms with Gasteiger partial charge in [-0.15, -0.1) is 10.2 Å². The zero-order valence-electron chi connectivity index (χ0n) is 20.7. The Bertz CT molecular complexity index is 1370. The quantitative estimate of drug-likeness (QED) is 0.297. The maximum atomic E-state index is 13.1. The molecule has 9 nitrogen and oxygen atoms in total. The largest absolute Gasteiger partial charge is 0.416 e. The molecular weight excluding hydrogens is 546 g/mol. The molecule has 40 heavy (non-hydrogen) atoms. The Labute approximate surface area is 223 Å². The Morgan fingerprint density at radius 3 is 2.40 bits per heavy atom. The number of aryl methyl sites for hydroxylation is 1. The van der Waals surface area contributed by atoms with Gasteiger partial charge in [0.2, 0.25) is 17.6 Å². The van der Waals surface area contributed by atoms with Crippen molar-refractivity contribution < 1.29 is 40.5 Å². The molecule has 0 bridgehead atoms. The number of rotatable bonds is 10. The molecule has 2 aromatic rings. The van der Waals surface area contributed by atoms with Crippen LogP contribution < -0.4 is 10.6 Å². The molecule has 1 aromatic heterocycles. The fraction of sp³-hybridized carbons (Fsp3) is 0.360. The van der Waals surface area contributed by atoms with Crippen LogP contribution in [0.3, 0.4) is 0 Å². The van der Waals surface area contributed by atoms with Crippen molar-refractivity contribution in [3.05, 3.63) is 70.4 Å². The first kappa shape index (κ1) is 28.7. The number of carbonyl (C=O) groups excluding carboxylic acids is 2. The number of fused-ring (bicyclic) bond motifs is 1. The summed E-state index contributed by atoms with van der Waals surface area (Å²) in [7, 11) is 0. The molecule has 2 amide bonds. The molecule has 0 unspecified atom stereocenters. The molecule has 2 N–H and O–H groups in total. The van der Waals surface area contributed by atoms with Gasteiger partial charge in [-0.25, -0.2) is 0 Å². The molecule has 0 saturated carbocycles. The van der Waals surface area contributed by atoms with Crippen LogP contribution in [0.4, 0.5) is 26.3 Å². The number of nitrogens with one attached hydrogen (secondary N) is 2. The third-order valence-electron chi connectivity index (χ3n) is 5.88. The summed E-state index contributed by atoms with van der Waals surface area (Å²) in [5.74, 6) is -0.590. The first-order valence-electron chi connectivity index (χ1n) is 12.1. The number of allylic oxidation sites excluding steroid dienone is 3. The van der Waals surface area contributed by atoms with Gasteiger partial charge in [0, 0.05) is 37.1 Å². The Morgan fingerprint density at radius 2 is 1.70 bits per heavy atom. The number of hydrogen-bond acceptors (Lipinski definition) is 7. The lowest BCUT2D eigenvalue weighted by molar-refractivity contribution is -0.143. The summed E-state index contributed by atoms with van der Waals surface area (Å²) in [5.41, 5.74) is -2.20. The molecule has 2 heterocycles. The van der Waals surface area contributed by atoms with E-state index < -0.39 is 34.9 Å². The highest BCUT2D eigenvalue weighted by molar-refractivity contribution is 5.99. The van der Waals surface area contributed by atoms with Crippen LogP contribution in [-0.2, 0) is 28.4 Å². The molecule has 4 rings (SSSR count). The van der Waals surface area contributed by atoms with Crippen molar-refractivity contribution in [2.75, 3.05) is 13.1 Å². The third-order valence-corrected chi connectivity index (χ3v) is 5.88. The number of carbonyl (C=O) groups is 2. The molecule has 0 fully saturated rings. The zero-order valence-corrected chi connectivity index (χ0v) is 20.7. The Morgan fingerprint density at radius 1 is 0.975 bits per heavy atom. The van der Waals surface area contributed by atoms with Crippen molar-refractivity contribution in [3.63, 3.8) is 0 Å². The average molecular weight is 568 g/mol. The fourth-order valence-electron chi connectivity index (χ4n) is 3.91. The van der Waals surface area contributed by atoms with E-state index in [-0.39, 0.29) is 43.0 Å². The van der Waals surface area contributed by atoms with Crippen LogP contribution >= 0.6 is 0 Å². The molecule has 0 saturated heterocycles. The number of hydrogen-bond donors (Lipinski definition) is 2. The van der Waals surface area contributed by atoms with Crippen LogP contribution in [0.2, 0.25) is 0 Å². The van der Waals surface area contributed by atoms with Gasteiger partial charge in [-0.3, -0.25) is 9.59 Å². The minimum atomic E-state index is -5.00. The lowest BCUT2D eigenvalue weighted by Gasteiger charge is -2.18. The predicted octanol–water partition coefficient (Wildman–Crippen LogP) is 5.28. The van der Waals surface area contributed by atoms with E-state index >= 15 is 0 Å². The molecule has 0 radical (unpaired) electrons. The summed E-state index contributed by atoms with van der Waals surface area (Å²) in [4.78, 5) is 27.8. The van der Waals surface area contributed by atoms with Crippen molar-refractivity contribution >= 4 is 11.8 Å². The highest BCUT2D eigenvalue weighted by atomic mass is 19.4. The van der Waals surface area contributed by atoms with Gasteiger partial charge in [0.1, 0.15) is 0 Å². The van der Waals surface area contributed by atoms with E-state index in [1.54, 1.807) is 12.2 Å². The first-order chi connectivity index (χ1) is 18.9. The van der Waals surface area contributed by atoms with Crippen LogP contribution in [0.5, 0.6) is 0 Å². The second-order valence-electron chi connectivity index (χ2n) is 8.84. The second kappa shape index (κ2) is 11.8. The van der Waals surface area contributed by atoms with Gasteiger partial charge < -0.3 is 15.2 Å². The normalized spacial score (nSPS) is 15.2. The summed E-state index contributed by atoms with van der Waals surface area (Å²) in [6, 6.07) is 1.05. The van der Waals surface area contributed by atoms with Gasteiger partial charge in [0.15, 0.2) is 5.82 Å². The van der Waals surface area contributed by atoms with Crippen LogP contribution in [-0.4, -0.2) is 35.0 Å². The van der Waals surface area contributed by atoms with E-state index in [9.17, 15) is 35.9 Å². The Balaban J connectivity index is 1.22. The van der Waals surface area contributed by atoms with Crippen LogP contribution in [0.25, 0.3) is 11.4 Å². The SMILES string of the molecule is O=C(CCCc1nc(-c2cc(C(F)(F)F)cc(C(F)(F)F)c2)no1)NCCCNC1=C2CC=CC=C2C(=O)N=N1.